The van der Waals surface area contributed by atoms with E-state index in [2.05, 4.69) is 5.32 Å². The SMILES string of the molecule is Cc1ccc(CN(C(=O)CCCN2C(=O)NC3(CCCC3)C2=O)C(C)C)o1. The van der Waals surface area contributed by atoms with Crippen LogP contribution in [0.2, 0.25) is 0 Å². The van der Waals surface area contributed by atoms with Crippen LogP contribution in [0, 0.1) is 6.92 Å². The summed E-state index contributed by atoms with van der Waals surface area (Å²) in [6, 6.07) is 3.49. The summed E-state index contributed by atoms with van der Waals surface area (Å²) in [5.41, 5.74) is -0.678. The first kappa shape index (κ1) is 19.5. The zero-order valence-electron chi connectivity index (χ0n) is 16.4. The average Bonchev–Trinajstić information content (AvgIpc) is 3.29. The molecule has 27 heavy (non-hydrogen) atoms. The monoisotopic (exact) mass is 375 g/mol. The molecule has 1 saturated carbocycles. The summed E-state index contributed by atoms with van der Waals surface area (Å²) in [6.07, 6.45) is 4.13. The fourth-order valence-corrected chi connectivity index (χ4v) is 4.03. The highest BCUT2D eigenvalue weighted by atomic mass is 16.3. The van der Waals surface area contributed by atoms with Gasteiger partial charge in [-0.2, -0.15) is 0 Å². The summed E-state index contributed by atoms with van der Waals surface area (Å²) in [5.74, 6) is 1.46. The van der Waals surface area contributed by atoms with Crippen molar-refractivity contribution in [2.45, 2.75) is 77.4 Å². The van der Waals surface area contributed by atoms with Crippen LogP contribution in [0.15, 0.2) is 16.5 Å². The van der Waals surface area contributed by atoms with E-state index in [1.807, 2.05) is 32.9 Å². The topological polar surface area (TPSA) is 82.9 Å². The van der Waals surface area contributed by atoms with Crippen LogP contribution in [0.4, 0.5) is 4.79 Å². The Kier molecular flexibility index (Phi) is 5.58. The number of nitrogens with one attached hydrogen (secondary N) is 1. The highest BCUT2D eigenvalue weighted by molar-refractivity contribution is 6.07. The maximum absolute atomic E-state index is 12.7. The second-order valence-corrected chi connectivity index (χ2v) is 7.91. The molecule has 7 nitrogen and oxygen atoms in total. The lowest BCUT2D eigenvalue weighted by atomic mass is 9.98. The van der Waals surface area contributed by atoms with Crippen molar-refractivity contribution in [2.75, 3.05) is 6.54 Å². The van der Waals surface area contributed by atoms with Crippen molar-refractivity contribution in [3.8, 4) is 0 Å². The zero-order chi connectivity index (χ0) is 19.6. The minimum atomic E-state index is -0.678. The minimum Gasteiger partial charge on any atom is -0.464 e. The lowest BCUT2D eigenvalue weighted by Gasteiger charge is -2.26. The van der Waals surface area contributed by atoms with Gasteiger partial charge in [-0.1, -0.05) is 12.8 Å². The van der Waals surface area contributed by atoms with E-state index in [4.69, 9.17) is 4.42 Å². The number of amides is 4. The van der Waals surface area contributed by atoms with Gasteiger partial charge in [0, 0.05) is 19.0 Å². The van der Waals surface area contributed by atoms with E-state index in [9.17, 15) is 14.4 Å². The van der Waals surface area contributed by atoms with Gasteiger partial charge in [-0.25, -0.2) is 4.79 Å². The third-order valence-electron chi connectivity index (χ3n) is 5.54. The van der Waals surface area contributed by atoms with Gasteiger partial charge in [-0.3, -0.25) is 14.5 Å². The van der Waals surface area contributed by atoms with E-state index < -0.39 is 5.54 Å². The van der Waals surface area contributed by atoms with Crippen LogP contribution in [0.1, 0.15) is 63.9 Å². The van der Waals surface area contributed by atoms with Crippen molar-refractivity contribution >= 4 is 17.8 Å². The Morgan fingerprint density at radius 3 is 2.59 bits per heavy atom. The Balaban J connectivity index is 1.53. The smallest absolute Gasteiger partial charge is 0.325 e. The predicted molar refractivity (Wildman–Crippen MR) is 99.8 cm³/mol. The molecule has 1 aromatic heterocycles. The molecule has 4 amide bonds. The van der Waals surface area contributed by atoms with E-state index in [-0.39, 0.29) is 30.4 Å². The molecule has 2 aliphatic rings. The number of imide groups is 1. The summed E-state index contributed by atoms with van der Waals surface area (Å²) in [4.78, 5) is 40.5. The van der Waals surface area contributed by atoms with Crippen LogP contribution in [0.3, 0.4) is 0 Å². The van der Waals surface area contributed by atoms with Crippen LogP contribution in [-0.2, 0) is 16.1 Å². The number of aryl methyl sites for hydroxylation is 1. The van der Waals surface area contributed by atoms with Crippen molar-refractivity contribution in [3.05, 3.63) is 23.7 Å². The fourth-order valence-electron chi connectivity index (χ4n) is 4.03. The molecule has 0 bridgehead atoms. The van der Waals surface area contributed by atoms with Crippen molar-refractivity contribution in [3.63, 3.8) is 0 Å². The molecule has 2 heterocycles. The predicted octanol–water partition coefficient (Wildman–Crippen LogP) is 2.97. The average molecular weight is 375 g/mol. The van der Waals surface area contributed by atoms with Gasteiger partial charge in [-0.15, -0.1) is 0 Å². The molecule has 1 saturated heterocycles. The van der Waals surface area contributed by atoms with E-state index >= 15 is 0 Å². The molecule has 1 N–H and O–H groups in total. The van der Waals surface area contributed by atoms with Crippen molar-refractivity contribution in [1.29, 1.82) is 0 Å². The van der Waals surface area contributed by atoms with Gasteiger partial charge >= 0.3 is 6.03 Å². The Hall–Kier alpha value is -2.31. The van der Waals surface area contributed by atoms with Gasteiger partial charge in [0.05, 0.1) is 6.54 Å². The summed E-state index contributed by atoms with van der Waals surface area (Å²) in [6.45, 7) is 6.52. The van der Waals surface area contributed by atoms with Crippen molar-refractivity contribution < 1.29 is 18.8 Å². The molecule has 0 atom stereocenters. The molecular weight excluding hydrogens is 346 g/mol. The molecule has 7 heteroatoms. The first-order chi connectivity index (χ1) is 12.8. The van der Waals surface area contributed by atoms with Crippen LogP contribution < -0.4 is 5.32 Å². The highest BCUT2D eigenvalue weighted by Gasteiger charge is 2.52. The number of rotatable bonds is 7. The molecule has 1 spiro atoms. The third-order valence-corrected chi connectivity index (χ3v) is 5.54. The van der Waals surface area contributed by atoms with Gasteiger partial charge in [0.15, 0.2) is 0 Å². The summed E-state index contributed by atoms with van der Waals surface area (Å²) in [5, 5.41) is 2.87. The summed E-state index contributed by atoms with van der Waals surface area (Å²) >= 11 is 0. The molecule has 1 aliphatic heterocycles. The Morgan fingerprint density at radius 2 is 2.00 bits per heavy atom. The van der Waals surface area contributed by atoms with Gasteiger partial charge in [0.25, 0.3) is 5.91 Å². The summed E-state index contributed by atoms with van der Waals surface area (Å²) in [7, 11) is 0. The molecule has 2 fully saturated rings. The van der Waals surface area contributed by atoms with Crippen LogP contribution >= 0.6 is 0 Å². The summed E-state index contributed by atoms with van der Waals surface area (Å²) < 4.78 is 5.58. The van der Waals surface area contributed by atoms with Crippen molar-refractivity contribution in [1.82, 2.24) is 15.1 Å². The van der Waals surface area contributed by atoms with Gasteiger partial charge in [0.1, 0.15) is 17.1 Å². The molecule has 1 aliphatic carbocycles. The second kappa shape index (κ2) is 7.74. The quantitative estimate of drug-likeness (QED) is 0.743. The Morgan fingerprint density at radius 1 is 1.30 bits per heavy atom. The molecule has 0 aromatic carbocycles. The van der Waals surface area contributed by atoms with Gasteiger partial charge in [-0.05, 0) is 52.2 Å². The van der Waals surface area contributed by atoms with Gasteiger partial charge < -0.3 is 14.6 Å². The molecule has 3 rings (SSSR count). The Bertz CT molecular complexity index is 719. The van der Waals surface area contributed by atoms with E-state index in [1.54, 1.807) is 4.90 Å². The molecule has 148 valence electrons. The van der Waals surface area contributed by atoms with Crippen molar-refractivity contribution in [2.24, 2.45) is 0 Å². The second-order valence-electron chi connectivity index (χ2n) is 7.91. The maximum atomic E-state index is 12.7. The van der Waals surface area contributed by atoms with E-state index in [1.165, 1.54) is 4.90 Å². The number of carbonyl (C=O) groups excluding carboxylic acids is 3. The molecule has 1 aromatic rings. The first-order valence-corrected chi connectivity index (χ1v) is 9.81. The van der Waals surface area contributed by atoms with Gasteiger partial charge in [0.2, 0.25) is 5.91 Å². The van der Waals surface area contributed by atoms with Crippen LogP contribution in [0.25, 0.3) is 0 Å². The first-order valence-electron chi connectivity index (χ1n) is 9.81. The Labute approximate surface area is 160 Å². The normalized spacial score (nSPS) is 18.6. The maximum Gasteiger partial charge on any atom is 0.325 e. The minimum absolute atomic E-state index is 0.00156. The molecule has 0 radical (unpaired) electrons. The third kappa shape index (κ3) is 4.01. The van der Waals surface area contributed by atoms with E-state index in [0.29, 0.717) is 19.4 Å². The number of hydrogen-bond donors (Lipinski definition) is 1. The fraction of sp³-hybridized carbons (Fsp3) is 0.650. The zero-order valence-corrected chi connectivity index (χ0v) is 16.4. The van der Waals surface area contributed by atoms with Crippen LogP contribution in [0.5, 0.6) is 0 Å². The molecular formula is C20H29N3O4. The standard InChI is InChI=1S/C20H29N3O4/c1-14(2)23(13-16-9-8-15(3)27-16)17(24)7-6-12-22-18(25)20(21-19(22)26)10-4-5-11-20/h8-9,14H,4-7,10-13H2,1-3H3,(H,21,26). The lowest BCUT2D eigenvalue weighted by molar-refractivity contribution is -0.135. The van der Waals surface area contributed by atoms with Crippen LogP contribution in [-0.4, -0.2) is 45.8 Å². The largest absolute Gasteiger partial charge is 0.464 e. The number of furan rings is 1. The number of urea groups is 1. The lowest BCUT2D eigenvalue weighted by Crippen LogP contribution is -2.44. The number of carbonyl (C=O) groups is 3. The number of nitrogens with zero attached hydrogens (tertiary/aromatic N) is 2. The highest BCUT2D eigenvalue weighted by Crippen LogP contribution is 2.35. The molecule has 0 unspecified atom stereocenters. The van der Waals surface area contributed by atoms with E-state index in [0.717, 1.165) is 37.2 Å². The number of hydrogen-bond acceptors (Lipinski definition) is 4.